The number of para-hydroxylation sites is 2. The standard InChI is InChI=1S/C24H25N5O3/c1-17-15-26-23(29(17)16-18-8-11-25-12-9-18)20-6-4-13-27(20)22(30)10-14-28-19-5-2-3-7-21(19)32-24(28)31/h2-3,5,7-9,11-12,15,20H,4,6,10,13-14,16H2,1H3. The van der Waals surface area contributed by atoms with E-state index >= 15 is 0 Å². The van der Waals surface area contributed by atoms with Gasteiger partial charge in [0.05, 0.1) is 11.6 Å². The Bertz CT molecular complexity index is 1300. The molecule has 1 unspecified atom stereocenters. The van der Waals surface area contributed by atoms with E-state index in [1.165, 1.54) is 4.57 Å². The summed E-state index contributed by atoms with van der Waals surface area (Å²) in [6.45, 7) is 3.72. The number of fused-ring (bicyclic) bond motifs is 1. The van der Waals surface area contributed by atoms with Crippen LogP contribution in [0.3, 0.4) is 0 Å². The Balaban J connectivity index is 1.34. The molecule has 4 heterocycles. The van der Waals surface area contributed by atoms with E-state index in [1.54, 1.807) is 18.5 Å². The highest BCUT2D eigenvalue weighted by atomic mass is 16.4. The van der Waals surface area contributed by atoms with Crippen molar-refractivity contribution in [3.63, 3.8) is 0 Å². The van der Waals surface area contributed by atoms with Crippen LogP contribution in [-0.2, 0) is 17.9 Å². The Morgan fingerprint density at radius 1 is 1.16 bits per heavy atom. The monoisotopic (exact) mass is 431 g/mol. The van der Waals surface area contributed by atoms with Gasteiger partial charge in [-0.1, -0.05) is 12.1 Å². The number of carbonyl (C=O) groups excluding carboxylic acids is 1. The summed E-state index contributed by atoms with van der Waals surface area (Å²) >= 11 is 0. The van der Waals surface area contributed by atoms with Crippen LogP contribution >= 0.6 is 0 Å². The highest BCUT2D eigenvalue weighted by Gasteiger charge is 2.33. The molecule has 0 aliphatic carbocycles. The molecule has 0 N–H and O–H groups in total. The highest BCUT2D eigenvalue weighted by molar-refractivity contribution is 5.77. The SMILES string of the molecule is Cc1cnc(C2CCCN2C(=O)CCn2c(=O)oc3ccccc32)n1Cc1ccncc1. The second-order valence-electron chi connectivity index (χ2n) is 8.18. The number of aromatic nitrogens is 4. The molecular formula is C24H25N5O3. The lowest BCUT2D eigenvalue weighted by Gasteiger charge is -2.25. The van der Waals surface area contributed by atoms with Gasteiger partial charge in [-0.3, -0.25) is 14.3 Å². The molecule has 5 rings (SSSR count). The van der Waals surface area contributed by atoms with Crippen molar-refractivity contribution in [1.29, 1.82) is 0 Å². The van der Waals surface area contributed by atoms with E-state index < -0.39 is 5.76 Å². The fraction of sp³-hybridized carbons (Fsp3) is 0.333. The third-order valence-corrected chi connectivity index (χ3v) is 6.17. The van der Waals surface area contributed by atoms with Crippen LogP contribution in [0, 0.1) is 6.92 Å². The minimum atomic E-state index is -0.430. The van der Waals surface area contributed by atoms with E-state index in [1.807, 2.05) is 48.4 Å². The van der Waals surface area contributed by atoms with E-state index in [-0.39, 0.29) is 18.4 Å². The topological polar surface area (TPSA) is 86.2 Å². The summed E-state index contributed by atoms with van der Waals surface area (Å²) in [5.74, 6) is 0.511. The van der Waals surface area contributed by atoms with Gasteiger partial charge in [-0.15, -0.1) is 0 Å². The first-order valence-electron chi connectivity index (χ1n) is 10.9. The Morgan fingerprint density at radius 3 is 2.81 bits per heavy atom. The molecule has 1 atom stereocenters. The van der Waals surface area contributed by atoms with Gasteiger partial charge in [0, 0.05) is 50.3 Å². The molecule has 1 amide bonds. The predicted molar refractivity (Wildman–Crippen MR) is 119 cm³/mol. The summed E-state index contributed by atoms with van der Waals surface area (Å²) in [6, 6.07) is 11.2. The first kappa shape index (κ1) is 20.2. The minimum absolute atomic E-state index is 0.0285. The second kappa shape index (κ2) is 8.45. The van der Waals surface area contributed by atoms with Gasteiger partial charge < -0.3 is 13.9 Å². The van der Waals surface area contributed by atoms with Crippen molar-refractivity contribution in [3.8, 4) is 0 Å². The van der Waals surface area contributed by atoms with Gasteiger partial charge in [0.1, 0.15) is 5.82 Å². The first-order valence-corrected chi connectivity index (χ1v) is 10.9. The number of benzene rings is 1. The number of likely N-dealkylation sites (tertiary alicyclic amines) is 1. The fourth-order valence-electron chi connectivity index (χ4n) is 4.53. The number of pyridine rings is 1. The van der Waals surface area contributed by atoms with Gasteiger partial charge in [-0.2, -0.15) is 0 Å². The molecule has 1 fully saturated rings. The maximum absolute atomic E-state index is 13.2. The van der Waals surface area contributed by atoms with Crippen molar-refractivity contribution in [2.75, 3.05) is 6.54 Å². The van der Waals surface area contributed by atoms with E-state index in [4.69, 9.17) is 4.42 Å². The molecular weight excluding hydrogens is 406 g/mol. The zero-order valence-corrected chi connectivity index (χ0v) is 18.0. The Kier molecular flexibility index (Phi) is 5.34. The number of rotatable bonds is 6. The van der Waals surface area contributed by atoms with Gasteiger partial charge in [0.25, 0.3) is 0 Å². The number of imidazole rings is 1. The largest absolute Gasteiger partial charge is 0.419 e. The average molecular weight is 431 g/mol. The van der Waals surface area contributed by atoms with Crippen molar-refractivity contribution < 1.29 is 9.21 Å². The molecule has 1 aromatic carbocycles. The number of hydrogen-bond acceptors (Lipinski definition) is 5. The summed E-state index contributed by atoms with van der Waals surface area (Å²) in [5, 5.41) is 0. The van der Waals surface area contributed by atoms with E-state index in [0.29, 0.717) is 30.7 Å². The zero-order valence-electron chi connectivity index (χ0n) is 18.0. The molecule has 4 aromatic rings. The molecule has 32 heavy (non-hydrogen) atoms. The minimum Gasteiger partial charge on any atom is -0.408 e. The molecule has 8 nitrogen and oxygen atoms in total. The number of amides is 1. The molecule has 8 heteroatoms. The van der Waals surface area contributed by atoms with Crippen LogP contribution in [0.4, 0.5) is 0 Å². The molecule has 0 saturated carbocycles. The molecule has 0 bridgehead atoms. The van der Waals surface area contributed by atoms with Gasteiger partial charge in [-0.25, -0.2) is 9.78 Å². The smallest absolute Gasteiger partial charge is 0.408 e. The second-order valence-corrected chi connectivity index (χ2v) is 8.18. The number of oxazole rings is 1. The number of carbonyl (C=O) groups is 1. The van der Waals surface area contributed by atoms with Crippen LogP contribution in [0.5, 0.6) is 0 Å². The van der Waals surface area contributed by atoms with Crippen molar-refractivity contribution in [2.24, 2.45) is 0 Å². The van der Waals surface area contributed by atoms with Gasteiger partial charge in [0.2, 0.25) is 5.91 Å². The number of aryl methyl sites for hydroxylation is 2. The molecule has 1 aliphatic rings. The molecule has 0 radical (unpaired) electrons. The predicted octanol–water partition coefficient (Wildman–Crippen LogP) is 3.30. The van der Waals surface area contributed by atoms with E-state index in [2.05, 4.69) is 14.5 Å². The lowest BCUT2D eigenvalue weighted by atomic mass is 10.2. The van der Waals surface area contributed by atoms with Gasteiger partial charge in [0.15, 0.2) is 5.58 Å². The molecule has 1 saturated heterocycles. The number of hydrogen-bond donors (Lipinski definition) is 0. The van der Waals surface area contributed by atoms with Crippen LogP contribution in [0.2, 0.25) is 0 Å². The normalized spacial score (nSPS) is 16.2. The molecule has 0 spiro atoms. The van der Waals surface area contributed by atoms with Crippen molar-refractivity contribution in [1.82, 2.24) is 24.0 Å². The van der Waals surface area contributed by atoms with E-state index in [9.17, 15) is 9.59 Å². The Morgan fingerprint density at radius 2 is 1.97 bits per heavy atom. The fourth-order valence-corrected chi connectivity index (χ4v) is 4.53. The third kappa shape index (κ3) is 3.72. The van der Waals surface area contributed by atoms with Crippen LogP contribution < -0.4 is 5.76 Å². The zero-order chi connectivity index (χ0) is 22.1. The molecule has 3 aromatic heterocycles. The Hall–Kier alpha value is -3.68. The Labute approximate surface area is 185 Å². The molecule has 1 aliphatic heterocycles. The summed E-state index contributed by atoms with van der Waals surface area (Å²) in [4.78, 5) is 36.1. The molecule has 164 valence electrons. The van der Waals surface area contributed by atoms with Crippen LogP contribution in [0.1, 0.15) is 42.4 Å². The van der Waals surface area contributed by atoms with Gasteiger partial charge in [-0.05, 0) is 49.6 Å². The summed E-state index contributed by atoms with van der Waals surface area (Å²) < 4.78 is 9.00. The lowest BCUT2D eigenvalue weighted by Crippen LogP contribution is -2.33. The van der Waals surface area contributed by atoms with Crippen LogP contribution in [-0.4, -0.2) is 36.5 Å². The summed E-state index contributed by atoms with van der Waals surface area (Å²) in [7, 11) is 0. The quantitative estimate of drug-likeness (QED) is 0.468. The maximum Gasteiger partial charge on any atom is 0.419 e. The third-order valence-electron chi connectivity index (χ3n) is 6.17. The van der Waals surface area contributed by atoms with Crippen LogP contribution in [0.15, 0.2) is 64.2 Å². The first-order chi connectivity index (χ1) is 15.6. The van der Waals surface area contributed by atoms with E-state index in [0.717, 1.165) is 29.9 Å². The van der Waals surface area contributed by atoms with Crippen molar-refractivity contribution in [2.45, 2.75) is 45.3 Å². The maximum atomic E-state index is 13.2. The average Bonchev–Trinajstić information content (AvgIpc) is 3.50. The van der Waals surface area contributed by atoms with Crippen molar-refractivity contribution in [3.05, 3.63) is 82.6 Å². The lowest BCUT2D eigenvalue weighted by molar-refractivity contribution is -0.132. The summed E-state index contributed by atoms with van der Waals surface area (Å²) in [6.07, 6.45) is 7.50. The van der Waals surface area contributed by atoms with Crippen LogP contribution in [0.25, 0.3) is 11.1 Å². The number of nitrogens with zero attached hydrogens (tertiary/aromatic N) is 5. The van der Waals surface area contributed by atoms with Crippen molar-refractivity contribution >= 4 is 17.0 Å². The van der Waals surface area contributed by atoms with Gasteiger partial charge >= 0.3 is 5.76 Å². The highest BCUT2D eigenvalue weighted by Crippen LogP contribution is 2.32. The summed E-state index contributed by atoms with van der Waals surface area (Å²) in [5.41, 5.74) is 3.46.